The van der Waals surface area contributed by atoms with Crippen LogP contribution in [0.15, 0.2) is 0 Å². The lowest BCUT2D eigenvalue weighted by Crippen LogP contribution is -2.60. The summed E-state index contributed by atoms with van der Waals surface area (Å²) in [7, 11) is 0. The summed E-state index contributed by atoms with van der Waals surface area (Å²) in [5.74, 6) is 3.33. The van der Waals surface area contributed by atoms with Gasteiger partial charge in [0, 0.05) is 25.0 Å². The van der Waals surface area contributed by atoms with Crippen LogP contribution in [0.2, 0.25) is 0 Å². The first-order valence-corrected chi connectivity index (χ1v) is 7.36. The second-order valence-corrected chi connectivity index (χ2v) is 6.51. The first kappa shape index (κ1) is 10.4. The van der Waals surface area contributed by atoms with Gasteiger partial charge in [-0.2, -0.15) is 0 Å². The normalized spacial score (nSPS) is 44.6. The highest BCUT2D eigenvalue weighted by atomic mass is 16.2. The molecule has 5 rings (SSSR count). The lowest BCUT2D eigenvalue weighted by molar-refractivity contribution is -0.150. The third kappa shape index (κ3) is 1.41. The van der Waals surface area contributed by atoms with Crippen LogP contribution in [0, 0.1) is 23.7 Å². The summed E-state index contributed by atoms with van der Waals surface area (Å²) in [5, 5.41) is 3.54. The van der Waals surface area contributed by atoms with Gasteiger partial charge >= 0.3 is 0 Å². The van der Waals surface area contributed by atoms with Gasteiger partial charge in [0.15, 0.2) is 0 Å². The molecule has 4 atom stereocenters. The number of rotatable bonds is 1. The summed E-state index contributed by atoms with van der Waals surface area (Å²) in [4.78, 5) is 14.7. The van der Waals surface area contributed by atoms with E-state index in [9.17, 15) is 4.79 Å². The molecule has 0 unspecified atom stereocenters. The van der Waals surface area contributed by atoms with Gasteiger partial charge < -0.3 is 10.2 Å². The van der Waals surface area contributed by atoms with Crippen molar-refractivity contribution in [3.8, 4) is 0 Å². The Labute approximate surface area is 103 Å². The van der Waals surface area contributed by atoms with E-state index in [0.29, 0.717) is 17.9 Å². The highest BCUT2D eigenvalue weighted by Gasteiger charge is 2.51. The summed E-state index contributed by atoms with van der Waals surface area (Å²) in [5.41, 5.74) is 0. The van der Waals surface area contributed by atoms with Crippen LogP contribution in [0.5, 0.6) is 0 Å². The van der Waals surface area contributed by atoms with Crippen molar-refractivity contribution in [3.63, 3.8) is 0 Å². The standard InChI is InChI=1S/C14H22N2O/c17-14(9-2-1-3-9)16-8-10-4-5-13(16)12-7-15-6-11(10)12/h9-13,15H,1-8H2/t10-,11-,12-,13+/m1/s1. The molecule has 0 radical (unpaired) electrons. The van der Waals surface area contributed by atoms with Crippen LogP contribution in [-0.2, 0) is 4.79 Å². The molecule has 3 saturated heterocycles. The first-order chi connectivity index (χ1) is 8.34. The minimum absolute atomic E-state index is 0.391. The molecule has 0 aromatic carbocycles. The molecule has 5 fully saturated rings. The summed E-state index contributed by atoms with van der Waals surface area (Å²) < 4.78 is 0. The fourth-order valence-electron chi connectivity index (χ4n) is 4.61. The quantitative estimate of drug-likeness (QED) is 0.740. The lowest BCUT2D eigenvalue weighted by Gasteiger charge is -2.53. The molecule has 5 aliphatic rings. The number of hydrogen-bond donors (Lipinski definition) is 1. The van der Waals surface area contributed by atoms with E-state index in [-0.39, 0.29) is 0 Å². The largest absolute Gasteiger partial charge is 0.339 e. The van der Waals surface area contributed by atoms with Crippen molar-refractivity contribution >= 4 is 5.91 Å². The molecule has 0 aromatic heterocycles. The molecule has 1 amide bonds. The topological polar surface area (TPSA) is 32.3 Å². The summed E-state index contributed by atoms with van der Waals surface area (Å²) in [6.07, 6.45) is 6.21. The Morgan fingerprint density at radius 2 is 1.88 bits per heavy atom. The Morgan fingerprint density at radius 3 is 2.65 bits per heavy atom. The smallest absolute Gasteiger partial charge is 0.225 e. The fourth-order valence-corrected chi connectivity index (χ4v) is 4.61. The van der Waals surface area contributed by atoms with Gasteiger partial charge in [0.1, 0.15) is 0 Å². The van der Waals surface area contributed by atoms with Gasteiger partial charge in [-0.15, -0.1) is 0 Å². The molecule has 3 nitrogen and oxygen atoms in total. The number of amides is 1. The average Bonchev–Trinajstić information content (AvgIpc) is 2.77. The first-order valence-electron chi connectivity index (χ1n) is 7.36. The minimum atomic E-state index is 0.391. The zero-order chi connectivity index (χ0) is 11.4. The molecule has 94 valence electrons. The Bertz CT molecular complexity index is 339. The third-order valence-corrected chi connectivity index (χ3v) is 5.81. The van der Waals surface area contributed by atoms with Crippen LogP contribution in [0.4, 0.5) is 0 Å². The van der Waals surface area contributed by atoms with Crippen molar-refractivity contribution in [2.45, 2.75) is 38.1 Å². The van der Waals surface area contributed by atoms with Gasteiger partial charge in [-0.1, -0.05) is 6.42 Å². The molecular weight excluding hydrogens is 212 g/mol. The summed E-state index contributed by atoms with van der Waals surface area (Å²) in [6.45, 7) is 3.43. The minimum Gasteiger partial charge on any atom is -0.339 e. The monoisotopic (exact) mass is 234 g/mol. The molecule has 17 heavy (non-hydrogen) atoms. The Morgan fingerprint density at radius 1 is 1.06 bits per heavy atom. The molecule has 3 heteroatoms. The number of nitrogens with one attached hydrogen (secondary N) is 1. The van der Waals surface area contributed by atoms with E-state index in [1.807, 2.05) is 0 Å². The summed E-state index contributed by atoms with van der Waals surface area (Å²) in [6, 6.07) is 0.577. The maximum Gasteiger partial charge on any atom is 0.225 e. The number of fused-ring (bicyclic) bond motifs is 2. The van der Waals surface area contributed by atoms with Gasteiger partial charge in [0.05, 0.1) is 0 Å². The maximum atomic E-state index is 12.5. The number of carbonyl (C=O) groups excluding carboxylic acids is 1. The van der Waals surface area contributed by atoms with Gasteiger partial charge in [0.25, 0.3) is 0 Å². The van der Waals surface area contributed by atoms with Crippen molar-refractivity contribution in [1.82, 2.24) is 10.2 Å². The zero-order valence-corrected chi connectivity index (χ0v) is 10.4. The van der Waals surface area contributed by atoms with Gasteiger partial charge in [0.2, 0.25) is 5.91 Å². The molecule has 1 N–H and O–H groups in total. The number of hydrogen-bond acceptors (Lipinski definition) is 2. The Balaban J connectivity index is 1.56. The van der Waals surface area contributed by atoms with E-state index in [4.69, 9.17) is 0 Å². The molecular formula is C14H22N2O. The second kappa shape index (κ2) is 3.71. The van der Waals surface area contributed by atoms with Crippen LogP contribution in [-0.4, -0.2) is 36.5 Å². The van der Waals surface area contributed by atoms with Crippen molar-refractivity contribution in [1.29, 1.82) is 0 Å². The predicted molar refractivity (Wildman–Crippen MR) is 65.4 cm³/mol. The van der Waals surface area contributed by atoms with Crippen LogP contribution in [0.3, 0.4) is 0 Å². The predicted octanol–water partition coefficient (Wildman–Crippen LogP) is 1.24. The van der Waals surface area contributed by atoms with E-state index in [1.165, 1.54) is 25.8 Å². The van der Waals surface area contributed by atoms with E-state index >= 15 is 0 Å². The number of carbonyl (C=O) groups is 1. The third-order valence-electron chi connectivity index (χ3n) is 5.81. The Hall–Kier alpha value is -0.570. The van der Waals surface area contributed by atoms with E-state index in [0.717, 1.165) is 43.7 Å². The maximum absolute atomic E-state index is 12.5. The van der Waals surface area contributed by atoms with Crippen LogP contribution >= 0.6 is 0 Å². The number of piperidine rings is 2. The number of nitrogens with zero attached hydrogens (tertiary/aromatic N) is 1. The molecule has 3 heterocycles. The van der Waals surface area contributed by atoms with Crippen molar-refractivity contribution in [3.05, 3.63) is 0 Å². The molecule has 2 saturated carbocycles. The van der Waals surface area contributed by atoms with Gasteiger partial charge in [-0.3, -0.25) is 4.79 Å². The Kier molecular flexibility index (Phi) is 2.26. The van der Waals surface area contributed by atoms with Gasteiger partial charge in [-0.05, 0) is 50.0 Å². The SMILES string of the molecule is O=C(C1CCC1)N1C[C@H]2CC[C@H]1[C@@H]1CNC[C@H]21. The molecule has 0 aromatic rings. The van der Waals surface area contributed by atoms with Crippen LogP contribution < -0.4 is 5.32 Å². The molecule has 2 bridgehead atoms. The van der Waals surface area contributed by atoms with Crippen molar-refractivity contribution in [2.75, 3.05) is 19.6 Å². The van der Waals surface area contributed by atoms with E-state index in [1.54, 1.807) is 0 Å². The van der Waals surface area contributed by atoms with Crippen molar-refractivity contribution < 1.29 is 4.79 Å². The van der Waals surface area contributed by atoms with Gasteiger partial charge in [-0.25, -0.2) is 0 Å². The summed E-state index contributed by atoms with van der Waals surface area (Å²) >= 11 is 0. The molecule has 2 aliphatic carbocycles. The van der Waals surface area contributed by atoms with Crippen molar-refractivity contribution in [2.24, 2.45) is 23.7 Å². The average molecular weight is 234 g/mol. The lowest BCUT2D eigenvalue weighted by atomic mass is 9.66. The van der Waals surface area contributed by atoms with Crippen LogP contribution in [0.1, 0.15) is 32.1 Å². The van der Waals surface area contributed by atoms with E-state index < -0.39 is 0 Å². The highest BCUT2D eigenvalue weighted by Crippen LogP contribution is 2.46. The van der Waals surface area contributed by atoms with Crippen LogP contribution in [0.25, 0.3) is 0 Å². The fraction of sp³-hybridized carbons (Fsp3) is 0.929. The highest BCUT2D eigenvalue weighted by molar-refractivity contribution is 5.80. The molecule has 0 spiro atoms. The van der Waals surface area contributed by atoms with E-state index in [2.05, 4.69) is 10.2 Å². The second-order valence-electron chi connectivity index (χ2n) is 6.51. The zero-order valence-electron chi connectivity index (χ0n) is 10.4. The molecule has 3 aliphatic heterocycles.